The molecule has 1 aliphatic rings. The van der Waals surface area contributed by atoms with Crippen molar-refractivity contribution < 1.29 is 19.1 Å². The zero-order chi connectivity index (χ0) is 23.6. The Morgan fingerprint density at radius 3 is 1.94 bits per heavy atom. The molecule has 0 radical (unpaired) electrons. The molecule has 7 heteroatoms. The van der Waals surface area contributed by atoms with Gasteiger partial charge in [-0.3, -0.25) is 14.5 Å². The van der Waals surface area contributed by atoms with Crippen LogP contribution in [0.25, 0.3) is 0 Å². The number of aryl methyl sites for hydroxylation is 1. The summed E-state index contributed by atoms with van der Waals surface area (Å²) in [7, 11) is 3.13. The van der Waals surface area contributed by atoms with Gasteiger partial charge in [-0.15, -0.1) is 0 Å². The van der Waals surface area contributed by atoms with E-state index in [9.17, 15) is 9.59 Å². The summed E-state index contributed by atoms with van der Waals surface area (Å²) in [6, 6.07) is 7.20. The number of Topliss-reactive ketones (excluding diaryl/α,β-unsaturated/α-hetero) is 1. The fraction of sp³-hybridized carbons (Fsp3) is 0.520. The predicted octanol–water partition coefficient (Wildman–Crippen LogP) is 3.52. The number of benzene rings is 1. The molecule has 0 unspecified atom stereocenters. The molecule has 1 aliphatic heterocycles. The summed E-state index contributed by atoms with van der Waals surface area (Å²) in [5.41, 5.74) is 3.38. The second-order valence-electron chi connectivity index (χ2n) is 9.38. The number of carbonyl (C=O) groups excluding carboxylic acids is 2. The zero-order valence-electron chi connectivity index (χ0n) is 20.3. The van der Waals surface area contributed by atoms with Gasteiger partial charge in [0.25, 0.3) is 5.91 Å². The summed E-state index contributed by atoms with van der Waals surface area (Å²) in [6.45, 7) is 13.4. The van der Waals surface area contributed by atoms with Crippen LogP contribution in [-0.4, -0.2) is 73.0 Å². The number of methoxy groups -OCH3 is 2. The molecule has 1 amide bonds. The lowest BCUT2D eigenvalue weighted by Gasteiger charge is -2.34. The summed E-state index contributed by atoms with van der Waals surface area (Å²) in [4.78, 5) is 30.0. The van der Waals surface area contributed by atoms with Crippen molar-refractivity contribution in [1.82, 2.24) is 14.4 Å². The van der Waals surface area contributed by atoms with Crippen molar-refractivity contribution in [3.8, 4) is 11.5 Å². The molecule has 0 saturated carbocycles. The first-order chi connectivity index (χ1) is 15.0. The monoisotopic (exact) mass is 441 g/mol. The van der Waals surface area contributed by atoms with E-state index >= 15 is 0 Å². The van der Waals surface area contributed by atoms with Crippen LogP contribution >= 0.6 is 0 Å². The van der Waals surface area contributed by atoms with Gasteiger partial charge >= 0.3 is 0 Å². The standard InChI is InChI=1S/C25H35N3O4/c1-17-12-22(18(2)28(17)25(3,4)5)23(29)16-26-8-10-27(11-9-26)24(30)19-13-20(31-6)15-21(14-19)32-7/h12-15H,8-11,16H2,1-7H3. The Hall–Kier alpha value is -2.80. The van der Waals surface area contributed by atoms with E-state index in [0.717, 1.165) is 17.0 Å². The average Bonchev–Trinajstić information content (AvgIpc) is 3.07. The predicted molar refractivity (Wildman–Crippen MR) is 125 cm³/mol. The molecule has 1 aromatic heterocycles. The van der Waals surface area contributed by atoms with E-state index in [2.05, 4.69) is 30.2 Å². The van der Waals surface area contributed by atoms with Gasteiger partial charge in [0.15, 0.2) is 5.78 Å². The third-order valence-electron chi connectivity index (χ3n) is 6.03. The molecule has 7 nitrogen and oxygen atoms in total. The van der Waals surface area contributed by atoms with E-state index in [4.69, 9.17) is 9.47 Å². The van der Waals surface area contributed by atoms with Crippen LogP contribution in [0, 0.1) is 13.8 Å². The fourth-order valence-corrected chi connectivity index (χ4v) is 4.59. The van der Waals surface area contributed by atoms with Crippen LogP contribution in [0.15, 0.2) is 24.3 Å². The number of rotatable bonds is 6. The highest BCUT2D eigenvalue weighted by molar-refractivity contribution is 5.99. The molecule has 2 aromatic rings. The number of nitrogens with zero attached hydrogens (tertiary/aromatic N) is 3. The number of hydrogen-bond donors (Lipinski definition) is 0. The van der Waals surface area contributed by atoms with Crippen molar-refractivity contribution in [2.75, 3.05) is 46.9 Å². The molecule has 1 saturated heterocycles. The van der Waals surface area contributed by atoms with E-state index < -0.39 is 0 Å². The molecule has 3 rings (SSSR count). The topological polar surface area (TPSA) is 64.0 Å². The fourth-order valence-electron chi connectivity index (χ4n) is 4.59. The highest BCUT2D eigenvalue weighted by atomic mass is 16.5. The SMILES string of the molecule is COc1cc(OC)cc(C(=O)N2CCN(CC(=O)c3cc(C)n(C(C)(C)C)c3C)CC2)c1. The molecule has 1 fully saturated rings. The van der Waals surface area contributed by atoms with Gasteiger partial charge in [-0.05, 0) is 52.8 Å². The van der Waals surface area contributed by atoms with Crippen LogP contribution < -0.4 is 9.47 Å². The average molecular weight is 442 g/mol. The van der Waals surface area contributed by atoms with Gasteiger partial charge < -0.3 is 18.9 Å². The molecule has 0 atom stereocenters. The second kappa shape index (κ2) is 9.36. The van der Waals surface area contributed by atoms with Gasteiger partial charge in [0.05, 0.1) is 20.8 Å². The van der Waals surface area contributed by atoms with Crippen molar-refractivity contribution in [3.05, 3.63) is 46.8 Å². The molecule has 1 aromatic carbocycles. The number of ether oxygens (including phenoxy) is 2. The Kier molecular flexibility index (Phi) is 6.98. The third kappa shape index (κ3) is 4.99. The van der Waals surface area contributed by atoms with Gasteiger partial charge in [0, 0.05) is 60.3 Å². The molecule has 0 N–H and O–H groups in total. The van der Waals surface area contributed by atoms with Crippen molar-refractivity contribution in [2.45, 2.75) is 40.2 Å². The quantitative estimate of drug-likeness (QED) is 0.642. The van der Waals surface area contributed by atoms with E-state index in [-0.39, 0.29) is 17.2 Å². The maximum Gasteiger partial charge on any atom is 0.254 e. The number of aromatic nitrogens is 1. The van der Waals surface area contributed by atoms with Crippen LogP contribution in [0.1, 0.15) is 52.9 Å². The summed E-state index contributed by atoms with van der Waals surface area (Å²) in [5, 5.41) is 0. The Morgan fingerprint density at radius 1 is 0.906 bits per heavy atom. The number of amides is 1. The summed E-state index contributed by atoms with van der Waals surface area (Å²) >= 11 is 0. The van der Waals surface area contributed by atoms with Gasteiger partial charge in [-0.25, -0.2) is 0 Å². The normalized spacial score (nSPS) is 15.0. The van der Waals surface area contributed by atoms with E-state index in [1.165, 1.54) is 0 Å². The molecular weight excluding hydrogens is 406 g/mol. The number of ketones is 1. The van der Waals surface area contributed by atoms with Gasteiger partial charge in [0.1, 0.15) is 11.5 Å². The van der Waals surface area contributed by atoms with Crippen LogP contribution in [0.4, 0.5) is 0 Å². The number of hydrogen-bond acceptors (Lipinski definition) is 5. The first-order valence-corrected chi connectivity index (χ1v) is 11.0. The molecular formula is C25H35N3O4. The number of carbonyl (C=O) groups is 2. The molecule has 2 heterocycles. The molecule has 32 heavy (non-hydrogen) atoms. The molecule has 174 valence electrons. The lowest BCUT2D eigenvalue weighted by atomic mass is 10.1. The van der Waals surface area contributed by atoms with Gasteiger partial charge in [-0.2, -0.15) is 0 Å². The Balaban J connectivity index is 1.63. The number of piperazine rings is 1. The summed E-state index contributed by atoms with van der Waals surface area (Å²) < 4.78 is 12.8. The van der Waals surface area contributed by atoms with Crippen LogP contribution in [0.2, 0.25) is 0 Å². The molecule has 0 spiro atoms. The maximum absolute atomic E-state index is 13.0. The lowest BCUT2D eigenvalue weighted by Crippen LogP contribution is -2.49. The summed E-state index contributed by atoms with van der Waals surface area (Å²) in [5.74, 6) is 1.25. The van der Waals surface area contributed by atoms with Crippen molar-refractivity contribution in [1.29, 1.82) is 0 Å². The maximum atomic E-state index is 13.0. The first-order valence-electron chi connectivity index (χ1n) is 11.0. The second-order valence-corrected chi connectivity index (χ2v) is 9.38. The third-order valence-corrected chi connectivity index (χ3v) is 6.03. The smallest absolute Gasteiger partial charge is 0.254 e. The highest BCUT2D eigenvalue weighted by Crippen LogP contribution is 2.26. The highest BCUT2D eigenvalue weighted by Gasteiger charge is 2.27. The first kappa shape index (κ1) is 23.9. The summed E-state index contributed by atoms with van der Waals surface area (Å²) in [6.07, 6.45) is 0. The van der Waals surface area contributed by atoms with Gasteiger partial charge in [0.2, 0.25) is 0 Å². The van der Waals surface area contributed by atoms with E-state index in [1.807, 2.05) is 24.8 Å². The Morgan fingerprint density at radius 2 is 1.47 bits per heavy atom. The molecule has 0 bridgehead atoms. The zero-order valence-corrected chi connectivity index (χ0v) is 20.3. The van der Waals surface area contributed by atoms with Crippen LogP contribution in [0.5, 0.6) is 11.5 Å². The van der Waals surface area contributed by atoms with E-state index in [1.54, 1.807) is 32.4 Å². The lowest BCUT2D eigenvalue weighted by molar-refractivity contribution is 0.0623. The Labute approximate surface area is 190 Å². The van der Waals surface area contributed by atoms with Crippen molar-refractivity contribution in [3.63, 3.8) is 0 Å². The van der Waals surface area contributed by atoms with Crippen LogP contribution in [-0.2, 0) is 5.54 Å². The largest absolute Gasteiger partial charge is 0.497 e. The van der Waals surface area contributed by atoms with Gasteiger partial charge in [-0.1, -0.05) is 0 Å². The molecule has 0 aliphatic carbocycles. The van der Waals surface area contributed by atoms with E-state index in [0.29, 0.717) is 49.8 Å². The van der Waals surface area contributed by atoms with Crippen molar-refractivity contribution >= 4 is 11.7 Å². The Bertz CT molecular complexity index is 973. The minimum absolute atomic E-state index is 0.0538. The minimum atomic E-state index is -0.0680. The van der Waals surface area contributed by atoms with Crippen LogP contribution in [0.3, 0.4) is 0 Å². The van der Waals surface area contributed by atoms with Crippen molar-refractivity contribution in [2.24, 2.45) is 0 Å². The minimum Gasteiger partial charge on any atom is -0.497 e.